The lowest BCUT2D eigenvalue weighted by Crippen LogP contribution is -2.42. The zero-order valence-electron chi connectivity index (χ0n) is 14.6. The summed E-state index contributed by atoms with van der Waals surface area (Å²) in [7, 11) is 0. The van der Waals surface area contributed by atoms with Crippen molar-refractivity contribution < 1.29 is 24.2 Å². The molecule has 0 aliphatic carbocycles. The van der Waals surface area contributed by atoms with Crippen LogP contribution in [0.15, 0.2) is 30.3 Å². The number of likely N-dealkylation sites (tertiary alicyclic amines) is 1. The minimum absolute atomic E-state index is 0.150. The average molecular weight is 363 g/mol. The maximum Gasteiger partial charge on any atom is 0.407 e. The van der Waals surface area contributed by atoms with Crippen LogP contribution < -0.4 is 10.6 Å². The van der Waals surface area contributed by atoms with E-state index in [1.807, 2.05) is 30.3 Å². The smallest absolute Gasteiger partial charge is 0.407 e. The first-order valence-electron chi connectivity index (χ1n) is 8.77. The predicted octanol–water partition coefficient (Wildman–Crippen LogP) is 1.95. The summed E-state index contributed by atoms with van der Waals surface area (Å²) in [5.41, 5.74) is 0.907. The van der Waals surface area contributed by atoms with E-state index < -0.39 is 12.2 Å². The minimum Gasteiger partial charge on any atom is -0.465 e. The van der Waals surface area contributed by atoms with Crippen LogP contribution in [0.25, 0.3) is 0 Å². The quantitative estimate of drug-likeness (QED) is 0.612. The van der Waals surface area contributed by atoms with Crippen molar-refractivity contribution in [1.82, 2.24) is 15.5 Å². The lowest BCUT2D eigenvalue weighted by atomic mass is 10.2. The van der Waals surface area contributed by atoms with E-state index in [-0.39, 0.29) is 25.0 Å². The number of ether oxygens (including phenoxy) is 1. The van der Waals surface area contributed by atoms with Crippen LogP contribution in [0.3, 0.4) is 0 Å². The van der Waals surface area contributed by atoms with Crippen molar-refractivity contribution in [3.63, 3.8) is 0 Å². The van der Waals surface area contributed by atoms with Crippen LogP contribution in [0, 0.1) is 0 Å². The van der Waals surface area contributed by atoms with Gasteiger partial charge in [0.05, 0.1) is 6.04 Å². The first-order chi connectivity index (χ1) is 12.6. The van der Waals surface area contributed by atoms with Gasteiger partial charge in [-0.1, -0.05) is 30.3 Å². The molecule has 2 rings (SSSR count). The molecule has 1 atom stereocenters. The summed E-state index contributed by atoms with van der Waals surface area (Å²) in [6.45, 7) is 1.39. The normalized spacial score (nSPS) is 16.2. The van der Waals surface area contributed by atoms with E-state index in [0.29, 0.717) is 26.1 Å². The van der Waals surface area contributed by atoms with Crippen molar-refractivity contribution in [2.75, 3.05) is 19.6 Å². The van der Waals surface area contributed by atoms with Crippen molar-refractivity contribution in [1.29, 1.82) is 0 Å². The van der Waals surface area contributed by atoms with E-state index in [1.54, 1.807) is 0 Å². The first kappa shape index (κ1) is 19.6. The molecular weight excluding hydrogens is 338 g/mol. The minimum atomic E-state index is -0.944. The molecule has 0 saturated carbocycles. The molecule has 0 spiro atoms. The predicted molar refractivity (Wildman–Crippen MR) is 94.6 cm³/mol. The van der Waals surface area contributed by atoms with Crippen molar-refractivity contribution in [3.8, 4) is 0 Å². The number of carbonyl (C=O) groups excluding carboxylic acids is 2. The molecular formula is C18H25N3O5. The van der Waals surface area contributed by atoms with Gasteiger partial charge in [-0.3, -0.25) is 4.79 Å². The number of amides is 3. The Morgan fingerprint density at radius 3 is 2.69 bits per heavy atom. The van der Waals surface area contributed by atoms with E-state index in [4.69, 9.17) is 9.84 Å². The van der Waals surface area contributed by atoms with E-state index in [2.05, 4.69) is 10.6 Å². The number of carbonyl (C=O) groups is 3. The summed E-state index contributed by atoms with van der Waals surface area (Å²) in [5, 5.41) is 14.4. The highest BCUT2D eigenvalue weighted by Gasteiger charge is 2.28. The maximum atomic E-state index is 11.8. The van der Waals surface area contributed by atoms with Crippen molar-refractivity contribution in [2.45, 2.75) is 38.3 Å². The molecule has 142 valence electrons. The largest absolute Gasteiger partial charge is 0.465 e. The van der Waals surface area contributed by atoms with E-state index >= 15 is 0 Å². The number of hydrogen-bond acceptors (Lipinski definition) is 4. The number of hydrogen-bond donors (Lipinski definition) is 3. The number of carboxylic acid groups (broad SMARTS) is 1. The fraction of sp³-hybridized carbons (Fsp3) is 0.500. The summed E-state index contributed by atoms with van der Waals surface area (Å²) in [5.74, 6) is -0.151. The van der Waals surface area contributed by atoms with Crippen LogP contribution in [0.2, 0.25) is 0 Å². The third-order valence-corrected chi connectivity index (χ3v) is 4.22. The van der Waals surface area contributed by atoms with Crippen LogP contribution in [-0.4, -0.2) is 53.8 Å². The highest BCUT2D eigenvalue weighted by atomic mass is 16.5. The Hall–Kier alpha value is -2.77. The van der Waals surface area contributed by atoms with Gasteiger partial charge < -0.3 is 25.4 Å². The molecule has 0 aromatic heterocycles. The summed E-state index contributed by atoms with van der Waals surface area (Å²) in [6.07, 6.45) is 0.874. The van der Waals surface area contributed by atoms with Crippen molar-refractivity contribution in [2.24, 2.45) is 0 Å². The van der Waals surface area contributed by atoms with Gasteiger partial charge in [0.2, 0.25) is 5.91 Å². The highest BCUT2D eigenvalue weighted by molar-refractivity contribution is 5.76. The summed E-state index contributed by atoms with van der Waals surface area (Å²) in [6, 6.07) is 9.22. The molecule has 8 heteroatoms. The molecule has 3 amide bonds. The van der Waals surface area contributed by atoms with Gasteiger partial charge >= 0.3 is 12.2 Å². The SMILES string of the molecule is O=C(CCCNC(=O)OCc1ccccc1)NC[C@@H]1CCCN1C(=O)O. The van der Waals surface area contributed by atoms with Crippen LogP contribution in [0.1, 0.15) is 31.2 Å². The number of nitrogens with zero attached hydrogens (tertiary/aromatic N) is 1. The Bertz CT molecular complexity index is 608. The third kappa shape index (κ3) is 6.62. The van der Waals surface area contributed by atoms with Crippen LogP contribution in [0.4, 0.5) is 9.59 Å². The second-order valence-corrected chi connectivity index (χ2v) is 6.17. The van der Waals surface area contributed by atoms with Gasteiger partial charge in [0, 0.05) is 26.1 Å². The maximum absolute atomic E-state index is 11.8. The van der Waals surface area contributed by atoms with Gasteiger partial charge in [-0.2, -0.15) is 0 Å². The fourth-order valence-corrected chi connectivity index (χ4v) is 2.83. The topological polar surface area (TPSA) is 108 Å². The van der Waals surface area contributed by atoms with Gasteiger partial charge in [-0.25, -0.2) is 9.59 Å². The fourth-order valence-electron chi connectivity index (χ4n) is 2.83. The highest BCUT2D eigenvalue weighted by Crippen LogP contribution is 2.16. The summed E-state index contributed by atoms with van der Waals surface area (Å²) < 4.78 is 5.07. The molecule has 1 aromatic carbocycles. The second-order valence-electron chi connectivity index (χ2n) is 6.17. The lowest BCUT2D eigenvalue weighted by Gasteiger charge is -2.21. The Kier molecular flexibility index (Phi) is 7.73. The molecule has 1 saturated heterocycles. The molecule has 3 N–H and O–H groups in total. The Morgan fingerprint density at radius 2 is 1.96 bits per heavy atom. The molecule has 1 aromatic rings. The van der Waals surface area contributed by atoms with Gasteiger partial charge in [0.1, 0.15) is 6.61 Å². The number of benzene rings is 1. The molecule has 1 aliphatic rings. The molecule has 0 radical (unpaired) electrons. The molecule has 0 bridgehead atoms. The Morgan fingerprint density at radius 1 is 1.19 bits per heavy atom. The van der Waals surface area contributed by atoms with Crippen molar-refractivity contribution in [3.05, 3.63) is 35.9 Å². The van der Waals surface area contributed by atoms with E-state index in [1.165, 1.54) is 4.90 Å². The van der Waals surface area contributed by atoms with Crippen LogP contribution in [0.5, 0.6) is 0 Å². The first-order valence-corrected chi connectivity index (χ1v) is 8.77. The summed E-state index contributed by atoms with van der Waals surface area (Å²) >= 11 is 0. The summed E-state index contributed by atoms with van der Waals surface area (Å²) in [4.78, 5) is 35.8. The molecule has 1 heterocycles. The monoisotopic (exact) mass is 363 g/mol. The van der Waals surface area contributed by atoms with Gasteiger partial charge in [0.25, 0.3) is 0 Å². The van der Waals surface area contributed by atoms with Crippen molar-refractivity contribution >= 4 is 18.1 Å². The number of alkyl carbamates (subject to hydrolysis) is 1. The van der Waals surface area contributed by atoms with Gasteiger partial charge in [0.15, 0.2) is 0 Å². The number of nitrogens with one attached hydrogen (secondary N) is 2. The second kappa shape index (κ2) is 10.3. The van der Waals surface area contributed by atoms with Crippen LogP contribution >= 0.6 is 0 Å². The zero-order valence-corrected chi connectivity index (χ0v) is 14.6. The molecule has 26 heavy (non-hydrogen) atoms. The Labute approximate surface area is 152 Å². The van der Waals surface area contributed by atoms with Crippen LogP contribution in [-0.2, 0) is 16.1 Å². The lowest BCUT2D eigenvalue weighted by molar-refractivity contribution is -0.121. The standard InChI is InChI=1S/C18H25N3O5/c22-16(20-12-15-8-5-11-21(15)18(24)25)9-4-10-19-17(23)26-13-14-6-2-1-3-7-14/h1-3,6-7,15H,4-5,8-13H2,(H,19,23)(H,20,22)(H,24,25)/t15-/m0/s1. The molecule has 0 unspecified atom stereocenters. The third-order valence-electron chi connectivity index (χ3n) is 4.22. The zero-order chi connectivity index (χ0) is 18.8. The molecule has 1 aliphatic heterocycles. The van der Waals surface area contributed by atoms with Gasteiger partial charge in [-0.15, -0.1) is 0 Å². The van der Waals surface area contributed by atoms with E-state index in [9.17, 15) is 14.4 Å². The average Bonchev–Trinajstić information content (AvgIpc) is 3.11. The molecule has 1 fully saturated rings. The van der Waals surface area contributed by atoms with Gasteiger partial charge in [-0.05, 0) is 24.8 Å². The molecule has 8 nitrogen and oxygen atoms in total. The number of rotatable bonds is 8. The Balaban J connectivity index is 1.53. The van der Waals surface area contributed by atoms with E-state index in [0.717, 1.165) is 18.4 Å².